The lowest BCUT2D eigenvalue weighted by Crippen LogP contribution is -2.40. The first kappa shape index (κ1) is 14.6. The van der Waals surface area contributed by atoms with Crippen LogP contribution in [-0.2, 0) is 11.3 Å². The minimum absolute atomic E-state index is 0.112. The first-order chi connectivity index (χ1) is 10.6. The van der Waals surface area contributed by atoms with E-state index in [1.807, 2.05) is 18.2 Å². The second-order valence-corrected chi connectivity index (χ2v) is 5.59. The van der Waals surface area contributed by atoms with Crippen molar-refractivity contribution in [2.45, 2.75) is 19.4 Å². The monoisotopic (exact) mass is 299 g/mol. The SMILES string of the molecule is CC1CN(C(=O)COc2ccccc2F)Cc2ccccc21. The Morgan fingerprint density at radius 2 is 1.95 bits per heavy atom. The predicted octanol–water partition coefficient (Wildman–Crippen LogP) is 3.35. The number of rotatable bonds is 3. The van der Waals surface area contributed by atoms with Crippen LogP contribution in [0.4, 0.5) is 4.39 Å². The van der Waals surface area contributed by atoms with E-state index in [0.717, 1.165) is 0 Å². The number of hydrogen-bond acceptors (Lipinski definition) is 2. The number of carbonyl (C=O) groups excluding carboxylic acids is 1. The van der Waals surface area contributed by atoms with Crippen LogP contribution in [0.2, 0.25) is 0 Å². The van der Waals surface area contributed by atoms with Crippen LogP contribution >= 0.6 is 0 Å². The van der Waals surface area contributed by atoms with Crippen molar-refractivity contribution < 1.29 is 13.9 Å². The van der Waals surface area contributed by atoms with Crippen LogP contribution < -0.4 is 4.74 Å². The van der Waals surface area contributed by atoms with E-state index in [1.54, 1.807) is 17.0 Å². The molecular weight excluding hydrogens is 281 g/mol. The Balaban J connectivity index is 1.66. The Kier molecular flexibility index (Phi) is 4.09. The summed E-state index contributed by atoms with van der Waals surface area (Å²) in [5, 5.41) is 0. The maximum absolute atomic E-state index is 13.5. The molecule has 2 aromatic rings. The van der Waals surface area contributed by atoms with Crippen LogP contribution in [0.5, 0.6) is 5.75 Å². The van der Waals surface area contributed by atoms with Gasteiger partial charge in [-0.15, -0.1) is 0 Å². The van der Waals surface area contributed by atoms with Crippen molar-refractivity contribution in [3.8, 4) is 5.75 Å². The van der Waals surface area contributed by atoms with E-state index in [-0.39, 0.29) is 18.3 Å². The van der Waals surface area contributed by atoms with Crippen LogP contribution in [0.25, 0.3) is 0 Å². The molecule has 1 unspecified atom stereocenters. The molecule has 22 heavy (non-hydrogen) atoms. The molecule has 0 radical (unpaired) electrons. The first-order valence-electron chi connectivity index (χ1n) is 7.38. The second-order valence-electron chi connectivity index (χ2n) is 5.59. The lowest BCUT2D eigenvalue weighted by Gasteiger charge is -2.33. The fraction of sp³-hybridized carbons (Fsp3) is 0.278. The molecule has 114 valence electrons. The van der Waals surface area contributed by atoms with Gasteiger partial charge in [0.05, 0.1) is 0 Å². The average Bonchev–Trinajstić information content (AvgIpc) is 2.54. The molecule has 0 bridgehead atoms. The van der Waals surface area contributed by atoms with Crippen molar-refractivity contribution in [2.24, 2.45) is 0 Å². The standard InChI is InChI=1S/C18H18FNO2/c1-13-10-20(11-14-6-2-3-7-15(13)14)18(21)12-22-17-9-5-4-8-16(17)19/h2-9,13H,10-12H2,1H3. The minimum Gasteiger partial charge on any atom is -0.481 e. The zero-order valence-electron chi connectivity index (χ0n) is 12.5. The Hall–Kier alpha value is -2.36. The van der Waals surface area contributed by atoms with Gasteiger partial charge < -0.3 is 9.64 Å². The van der Waals surface area contributed by atoms with Crippen LogP contribution in [0.15, 0.2) is 48.5 Å². The fourth-order valence-electron chi connectivity index (χ4n) is 2.84. The summed E-state index contributed by atoms with van der Waals surface area (Å²) in [5.74, 6) is -0.166. The molecule has 1 heterocycles. The molecular formula is C18H18FNO2. The molecule has 2 aromatic carbocycles. The fourth-order valence-corrected chi connectivity index (χ4v) is 2.84. The smallest absolute Gasteiger partial charge is 0.260 e. The van der Waals surface area contributed by atoms with E-state index >= 15 is 0 Å². The molecule has 0 saturated heterocycles. The number of carbonyl (C=O) groups is 1. The summed E-state index contributed by atoms with van der Waals surface area (Å²) in [5.41, 5.74) is 2.46. The van der Waals surface area contributed by atoms with E-state index in [1.165, 1.54) is 23.3 Å². The van der Waals surface area contributed by atoms with Gasteiger partial charge >= 0.3 is 0 Å². The van der Waals surface area contributed by atoms with E-state index in [0.29, 0.717) is 19.0 Å². The molecule has 0 aliphatic carbocycles. The number of nitrogens with zero attached hydrogens (tertiary/aromatic N) is 1. The topological polar surface area (TPSA) is 29.5 Å². The number of amides is 1. The van der Waals surface area contributed by atoms with Gasteiger partial charge in [0, 0.05) is 13.1 Å². The van der Waals surface area contributed by atoms with Gasteiger partial charge in [0.2, 0.25) is 0 Å². The van der Waals surface area contributed by atoms with Crippen molar-refractivity contribution in [1.29, 1.82) is 0 Å². The summed E-state index contributed by atoms with van der Waals surface area (Å²) < 4.78 is 18.8. The van der Waals surface area contributed by atoms with E-state index in [9.17, 15) is 9.18 Å². The molecule has 0 spiro atoms. The van der Waals surface area contributed by atoms with E-state index in [2.05, 4.69) is 13.0 Å². The number of fused-ring (bicyclic) bond motifs is 1. The third-order valence-electron chi connectivity index (χ3n) is 3.98. The molecule has 4 heteroatoms. The summed E-state index contributed by atoms with van der Waals surface area (Å²) in [4.78, 5) is 14.1. The number of para-hydroxylation sites is 1. The largest absolute Gasteiger partial charge is 0.481 e. The number of ether oxygens (including phenoxy) is 1. The van der Waals surface area contributed by atoms with Crippen molar-refractivity contribution in [2.75, 3.05) is 13.2 Å². The quantitative estimate of drug-likeness (QED) is 0.870. The maximum Gasteiger partial charge on any atom is 0.260 e. The molecule has 0 saturated carbocycles. The molecule has 1 amide bonds. The summed E-state index contributed by atoms with van der Waals surface area (Å²) in [6.45, 7) is 3.21. The molecule has 0 aromatic heterocycles. The molecule has 0 fully saturated rings. The summed E-state index contributed by atoms with van der Waals surface area (Å²) in [7, 11) is 0. The lowest BCUT2D eigenvalue weighted by molar-refractivity contribution is -0.134. The third kappa shape index (κ3) is 2.96. The van der Waals surface area contributed by atoms with E-state index < -0.39 is 5.82 Å². The Labute approximate surface area is 129 Å². The van der Waals surface area contributed by atoms with Crippen LogP contribution in [0, 0.1) is 5.82 Å². The Morgan fingerprint density at radius 3 is 2.77 bits per heavy atom. The third-order valence-corrected chi connectivity index (χ3v) is 3.98. The van der Waals surface area contributed by atoms with Crippen LogP contribution in [0.1, 0.15) is 24.0 Å². The normalized spacial score (nSPS) is 17.0. The van der Waals surface area contributed by atoms with Gasteiger partial charge in [-0.3, -0.25) is 4.79 Å². The van der Waals surface area contributed by atoms with Crippen molar-refractivity contribution in [3.63, 3.8) is 0 Å². The zero-order valence-corrected chi connectivity index (χ0v) is 12.5. The van der Waals surface area contributed by atoms with Gasteiger partial charge in [0.1, 0.15) is 0 Å². The predicted molar refractivity (Wildman–Crippen MR) is 82.2 cm³/mol. The van der Waals surface area contributed by atoms with Gasteiger partial charge in [0.15, 0.2) is 18.2 Å². The van der Waals surface area contributed by atoms with Gasteiger partial charge in [-0.25, -0.2) is 4.39 Å². The van der Waals surface area contributed by atoms with Gasteiger partial charge in [-0.05, 0) is 29.2 Å². The minimum atomic E-state index is -0.451. The Morgan fingerprint density at radius 1 is 1.23 bits per heavy atom. The molecule has 3 rings (SSSR count). The highest BCUT2D eigenvalue weighted by Gasteiger charge is 2.25. The second kappa shape index (κ2) is 6.18. The van der Waals surface area contributed by atoms with E-state index in [4.69, 9.17) is 4.74 Å². The summed E-state index contributed by atoms with van der Waals surface area (Å²) in [6.07, 6.45) is 0. The first-order valence-corrected chi connectivity index (χ1v) is 7.38. The molecule has 1 aliphatic heterocycles. The maximum atomic E-state index is 13.5. The summed E-state index contributed by atoms with van der Waals surface area (Å²) >= 11 is 0. The zero-order chi connectivity index (χ0) is 15.5. The van der Waals surface area contributed by atoms with Gasteiger partial charge in [0.25, 0.3) is 5.91 Å². The highest BCUT2D eigenvalue weighted by molar-refractivity contribution is 5.78. The highest BCUT2D eigenvalue weighted by atomic mass is 19.1. The van der Waals surface area contributed by atoms with Crippen molar-refractivity contribution in [1.82, 2.24) is 4.90 Å². The molecule has 1 aliphatic rings. The average molecular weight is 299 g/mol. The van der Waals surface area contributed by atoms with Crippen molar-refractivity contribution in [3.05, 3.63) is 65.5 Å². The van der Waals surface area contributed by atoms with Gasteiger partial charge in [-0.2, -0.15) is 0 Å². The highest BCUT2D eigenvalue weighted by Crippen LogP contribution is 2.27. The van der Waals surface area contributed by atoms with Crippen LogP contribution in [-0.4, -0.2) is 24.0 Å². The van der Waals surface area contributed by atoms with Crippen LogP contribution in [0.3, 0.4) is 0 Å². The number of benzene rings is 2. The van der Waals surface area contributed by atoms with Crippen molar-refractivity contribution >= 4 is 5.91 Å². The number of hydrogen-bond donors (Lipinski definition) is 0. The number of halogens is 1. The lowest BCUT2D eigenvalue weighted by atomic mass is 9.91. The Bertz CT molecular complexity index is 686. The molecule has 0 N–H and O–H groups in total. The molecule has 1 atom stereocenters. The van der Waals surface area contributed by atoms with Gasteiger partial charge in [-0.1, -0.05) is 43.3 Å². The molecule has 3 nitrogen and oxygen atoms in total. The summed E-state index contributed by atoms with van der Waals surface area (Å²) in [6, 6.07) is 14.3.